The van der Waals surface area contributed by atoms with Crippen LogP contribution >= 0.6 is 11.3 Å². The smallest absolute Gasteiger partial charge is 0.247 e. The van der Waals surface area contributed by atoms with E-state index in [1.165, 1.54) is 47.0 Å². The van der Waals surface area contributed by atoms with Crippen molar-refractivity contribution in [1.82, 2.24) is 14.2 Å². The van der Waals surface area contributed by atoms with Crippen molar-refractivity contribution in [2.45, 2.75) is 30.2 Å². The van der Waals surface area contributed by atoms with E-state index in [-0.39, 0.29) is 23.2 Å². The zero-order valence-corrected chi connectivity index (χ0v) is 21.6. The number of nitrogens with zero attached hydrogens (tertiary/aromatic N) is 4. The quantitative estimate of drug-likeness (QED) is 0.429. The maximum atomic E-state index is 13.8. The first-order valence-corrected chi connectivity index (χ1v) is 13.6. The van der Waals surface area contributed by atoms with E-state index in [1.54, 1.807) is 23.1 Å². The van der Waals surface area contributed by atoms with Gasteiger partial charge in [-0.05, 0) is 82.4 Å². The van der Waals surface area contributed by atoms with E-state index in [2.05, 4.69) is 4.98 Å². The van der Waals surface area contributed by atoms with Gasteiger partial charge in [-0.25, -0.2) is 17.8 Å². The Labute approximate surface area is 209 Å². The number of methoxy groups -OCH3 is 1. The number of anilines is 1. The molecule has 3 aromatic rings. The highest BCUT2D eigenvalue weighted by Gasteiger charge is 2.42. The summed E-state index contributed by atoms with van der Waals surface area (Å²) >= 11 is 1.23. The Morgan fingerprint density at radius 1 is 1.20 bits per heavy atom. The lowest BCUT2D eigenvalue weighted by Gasteiger charge is -2.29. The first kappa shape index (κ1) is 25.5. The Morgan fingerprint density at radius 3 is 2.63 bits per heavy atom. The van der Waals surface area contributed by atoms with E-state index < -0.39 is 16.1 Å². The molecule has 0 bridgehead atoms. The molecular weight excluding hydrogens is 491 g/mol. The van der Waals surface area contributed by atoms with Crippen LogP contribution in [-0.4, -0.2) is 75.4 Å². The molecule has 0 N–H and O–H groups in total. The maximum Gasteiger partial charge on any atom is 0.247 e. The molecule has 1 aliphatic rings. The number of halogens is 1. The summed E-state index contributed by atoms with van der Waals surface area (Å²) in [7, 11) is 1.53. The van der Waals surface area contributed by atoms with Crippen molar-refractivity contribution >= 4 is 42.6 Å². The van der Waals surface area contributed by atoms with Crippen LogP contribution < -0.4 is 9.64 Å². The number of rotatable bonds is 9. The van der Waals surface area contributed by atoms with E-state index in [1.807, 2.05) is 19.0 Å². The van der Waals surface area contributed by atoms with Gasteiger partial charge in [0.2, 0.25) is 15.9 Å². The third-order valence-electron chi connectivity index (χ3n) is 5.98. The summed E-state index contributed by atoms with van der Waals surface area (Å²) in [5.74, 6) is -0.124. The van der Waals surface area contributed by atoms with Gasteiger partial charge in [0.25, 0.3) is 0 Å². The molecule has 8 nitrogen and oxygen atoms in total. The van der Waals surface area contributed by atoms with Crippen LogP contribution in [0.3, 0.4) is 0 Å². The number of fused-ring (bicyclic) bond motifs is 1. The molecule has 0 spiro atoms. The van der Waals surface area contributed by atoms with Gasteiger partial charge in [-0.1, -0.05) is 11.3 Å². The minimum atomic E-state index is -3.88. The molecule has 0 radical (unpaired) electrons. The summed E-state index contributed by atoms with van der Waals surface area (Å²) in [5, 5.41) is 0.447. The second kappa shape index (κ2) is 10.6. The molecule has 2 aromatic carbocycles. The topological polar surface area (TPSA) is 83.0 Å². The van der Waals surface area contributed by atoms with Crippen molar-refractivity contribution in [2.24, 2.45) is 0 Å². The summed E-state index contributed by atoms with van der Waals surface area (Å²) in [4.78, 5) is 22.1. The monoisotopic (exact) mass is 520 g/mol. The van der Waals surface area contributed by atoms with Crippen molar-refractivity contribution in [1.29, 1.82) is 0 Å². The van der Waals surface area contributed by atoms with Crippen LogP contribution in [0.15, 0.2) is 47.4 Å². The largest absolute Gasteiger partial charge is 0.497 e. The zero-order valence-electron chi connectivity index (χ0n) is 20.0. The van der Waals surface area contributed by atoms with E-state index >= 15 is 0 Å². The van der Waals surface area contributed by atoms with Crippen LogP contribution in [0.5, 0.6) is 5.75 Å². The molecule has 4 rings (SSSR count). The number of sulfonamides is 1. The molecule has 1 saturated heterocycles. The summed E-state index contributed by atoms with van der Waals surface area (Å²) in [5.41, 5.74) is 0.603. The molecule has 2 heterocycles. The van der Waals surface area contributed by atoms with Gasteiger partial charge in [0.05, 0.1) is 22.2 Å². The fraction of sp³-hybridized carbons (Fsp3) is 0.417. The second-order valence-electron chi connectivity index (χ2n) is 8.70. The molecule has 35 heavy (non-hydrogen) atoms. The summed E-state index contributed by atoms with van der Waals surface area (Å²) in [6, 6.07) is 9.66. The predicted octanol–water partition coefficient (Wildman–Crippen LogP) is 3.58. The second-order valence-corrected chi connectivity index (χ2v) is 11.6. The third-order valence-corrected chi connectivity index (χ3v) is 8.94. The molecule has 1 amide bonds. The van der Waals surface area contributed by atoms with Gasteiger partial charge in [-0.15, -0.1) is 0 Å². The Balaban J connectivity index is 1.64. The van der Waals surface area contributed by atoms with Crippen LogP contribution in [0.25, 0.3) is 10.2 Å². The van der Waals surface area contributed by atoms with E-state index in [0.29, 0.717) is 46.9 Å². The van der Waals surface area contributed by atoms with Crippen LogP contribution in [0, 0.1) is 5.82 Å². The van der Waals surface area contributed by atoms with Gasteiger partial charge in [-0.3, -0.25) is 9.69 Å². The van der Waals surface area contributed by atoms with Crippen LogP contribution in [-0.2, 0) is 14.8 Å². The summed E-state index contributed by atoms with van der Waals surface area (Å²) in [6.07, 6.45) is 1.70. The SMILES string of the molecule is COc1ccc(S(=O)(=O)N2CCCC2C(=O)N(CCCN(C)C)c2nc3ccc(F)cc3s2)cc1. The fourth-order valence-corrected chi connectivity index (χ4v) is 6.86. The molecule has 1 aromatic heterocycles. The highest BCUT2D eigenvalue weighted by atomic mass is 32.2. The minimum Gasteiger partial charge on any atom is -0.497 e. The van der Waals surface area contributed by atoms with Crippen molar-refractivity contribution in [2.75, 3.05) is 45.7 Å². The Bertz CT molecular complexity index is 1290. The molecule has 11 heteroatoms. The Morgan fingerprint density at radius 2 is 1.94 bits per heavy atom. The number of thiazole rings is 1. The minimum absolute atomic E-state index is 0.118. The number of ether oxygens (including phenoxy) is 1. The van der Waals surface area contributed by atoms with Crippen molar-refractivity contribution in [3.63, 3.8) is 0 Å². The summed E-state index contributed by atoms with van der Waals surface area (Å²) in [6.45, 7) is 1.40. The van der Waals surface area contributed by atoms with E-state index in [9.17, 15) is 17.6 Å². The molecular formula is C24H29FN4O4S2. The van der Waals surface area contributed by atoms with Gasteiger partial charge in [0.1, 0.15) is 17.6 Å². The highest BCUT2D eigenvalue weighted by molar-refractivity contribution is 7.89. The van der Waals surface area contributed by atoms with Crippen molar-refractivity contribution < 1.29 is 22.3 Å². The van der Waals surface area contributed by atoms with E-state index in [0.717, 1.165) is 6.54 Å². The Kier molecular flexibility index (Phi) is 7.70. The average molecular weight is 521 g/mol. The lowest BCUT2D eigenvalue weighted by Crippen LogP contribution is -2.48. The summed E-state index contributed by atoms with van der Waals surface area (Å²) < 4.78 is 47.7. The number of carbonyl (C=O) groups excluding carboxylic acids is 1. The number of benzene rings is 2. The zero-order chi connectivity index (χ0) is 25.2. The first-order chi connectivity index (χ1) is 16.7. The van der Waals surface area contributed by atoms with Crippen molar-refractivity contribution in [3.05, 3.63) is 48.3 Å². The van der Waals surface area contributed by atoms with Gasteiger partial charge >= 0.3 is 0 Å². The molecule has 0 aliphatic carbocycles. The van der Waals surface area contributed by atoms with E-state index in [4.69, 9.17) is 4.74 Å². The Hall–Kier alpha value is -2.60. The van der Waals surface area contributed by atoms with Gasteiger partial charge < -0.3 is 9.64 Å². The van der Waals surface area contributed by atoms with Gasteiger partial charge in [0.15, 0.2) is 5.13 Å². The predicted molar refractivity (Wildman–Crippen MR) is 135 cm³/mol. The number of carbonyl (C=O) groups is 1. The fourth-order valence-electron chi connectivity index (χ4n) is 4.18. The van der Waals surface area contributed by atoms with Crippen molar-refractivity contribution in [3.8, 4) is 5.75 Å². The number of aromatic nitrogens is 1. The highest BCUT2D eigenvalue weighted by Crippen LogP contribution is 2.33. The average Bonchev–Trinajstić information content (AvgIpc) is 3.49. The number of hydrogen-bond donors (Lipinski definition) is 0. The normalized spacial score (nSPS) is 16.8. The molecule has 1 aliphatic heterocycles. The van der Waals surface area contributed by atoms with Crippen LogP contribution in [0.2, 0.25) is 0 Å². The number of amides is 1. The molecule has 0 saturated carbocycles. The standard InChI is InChI=1S/C24H29FN4O4S2/c1-27(2)13-5-14-28(24-26-20-12-7-17(25)16-22(20)34-24)23(30)21-6-4-15-29(21)35(31,32)19-10-8-18(33-3)9-11-19/h7-12,16,21H,4-6,13-15H2,1-3H3. The molecule has 1 atom stereocenters. The molecule has 1 fully saturated rings. The van der Waals surface area contributed by atoms with Crippen LogP contribution in [0.1, 0.15) is 19.3 Å². The van der Waals surface area contributed by atoms with Gasteiger partial charge in [0, 0.05) is 13.1 Å². The number of hydrogen-bond acceptors (Lipinski definition) is 7. The van der Waals surface area contributed by atoms with Crippen LogP contribution in [0.4, 0.5) is 9.52 Å². The lowest BCUT2D eigenvalue weighted by atomic mass is 10.2. The third kappa shape index (κ3) is 5.48. The first-order valence-electron chi connectivity index (χ1n) is 11.4. The maximum absolute atomic E-state index is 13.8. The van der Waals surface area contributed by atoms with Gasteiger partial charge in [-0.2, -0.15) is 4.31 Å². The molecule has 188 valence electrons. The molecule has 1 unspecified atom stereocenters. The lowest BCUT2D eigenvalue weighted by molar-refractivity contribution is -0.121.